The van der Waals surface area contributed by atoms with Crippen LogP contribution in [0.1, 0.15) is 43.2 Å². The minimum atomic E-state index is -3.62. The van der Waals surface area contributed by atoms with E-state index in [2.05, 4.69) is 21.5 Å². The van der Waals surface area contributed by atoms with Crippen LogP contribution >= 0.6 is 0 Å². The first-order chi connectivity index (χ1) is 14.1. The van der Waals surface area contributed by atoms with Crippen molar-refractivity contribution in [1.82, 2.24) is 9.29 Å². The molecule has 2 unspecified atom stereocenters. The van der Waals surface area contributed by atoms with E-state index in [1.54, 1.807) is 48.1 Å². The second-order valence-electron chi connectivity index (χ2n) is 7.49. The van der Waals surface area contributed by atoms with Crippen LogP contribution in [0.15, 0.2) is 42.7 Å². The first-order valence-corrected chi connectivity index (χ1v) is 11.4. The summed E-state index contributed by atoms with van der Waals surface area (Å²) in [6, 6.07) is 9.07. The van der Waals surface area contributed by atoms with E-state index < -0.39 is 10.2 Å². The highest BCUT2D eigenvalue weighted by Crippen LogP contribution is 2.38. The molecule has 6 nitrogen and oxygen atoms in total. The highest BCUT2D eigenvalue weighted by atomic mass is 32.2. The Morgan fingerprint density at radius 3 is 2.76 bits per heavy atom. The zero-order chi connectivity index (χ0) is 20.3. The number of nitrogens with zero attached hydrogens (tertiary/aromatic N) is 2. The summed E-state index contributed by atoms with van der Waals surface area (Å²) in [6.45, 7) is 0.589. The van der Waals surface area contributed by atoms with Gasteiger partial charge in [-0.15, -0.1) is 0 Å². The van der Waals surface area contributed by atoms with Crippen molar-refractivity contribution < 1.29 is 13.2 Å². The molecule has 2 heterocycles. The average molecular weight is 412 g/mol. The maximum absolute atomic E-state index is 13.1. The second kappa shape index (κ2) is 8.44. The van der Waals surface area contributed by atoms with Gasteiger partial charge in [-0.3, -0.25) is 9.71 Å². The van der Waals surface area contributed by atoms with Gasteiger partial charge in [0.25, 0.3) is 0 Å². The fraction of sp³-hybridized carbons (Fsp3) is 0.409. The smallest absolute Gasteiger partial charge is 0.301 e. The fourth-order valence-electron chi connectivity index (χ4n) is 4.33. The van der Waals surface area contributed by atoms with Crippen molar-refractivity contribution in [2.24, 2.45) is 5.92 Å². The van der Waals surface area contributed by atoms with Crippen molar-refractivity contribution in [3.8, 4) is 17.6 Å². The Bertz CT molecular complexity index is 1040. The lowest BCUT2D eigenvalue weighted by Crippen LogP contribution is -2.42. The lowest BCUT2D eigenvalue weighted by atomic mass is 9.86. The highest BCUT2D eigenvalue weighted by molar-refractivity contribution is 7.90. The van der Waals surface area contributed by atoms with E-state index in [4.69, 9.17) is 4.74 Å². The van der Waals surface area contributed by atoms with Gasteiger partial charge in [-0.2, -0.15) is 12.7 Å². The van der Waals surface area contributed by atoms with Crippen LogP contribution in [0.5, 0.6) is 5.75 Å². The van der Waals surface area contributed by atoms with Crippen LogP contribution in [0.3, 0.4) is 0 Å². The van der Waals surface area contributed by atoms with E-state index in [1.165, 1.54) is 6.42 Å². The molecule has 0 amide bonds. The Morgan fingerprint density at radius 2 is 1.90 bits per heavy atom. The van der Waals surface area contributed by atoms with Crippen LogP contribution in [0, 0.1) is 17.8 Å². The van der Waals surface area contributed by atoms with E-state index in [-0.39, 0.29) is 6.04 Å². The van der Waals surface area contributed by atoms with Gasteiger partial charge in [-0.1, -0.05) is 36.8 Å². The molecule has 0 bridgehead atoms. The van der Waals surface area contributed by atoms with Gasteiger partial charge in [0.1, 0.15) is 5.75 Å². The first-order valence-electron chi connectivity index (χ1n) is 9.97. The summed E-state index contributed by atoms with van der Waals surface area (Å²) >= 11 is 0. The Kier molecular flexibility index (Phi) is 5.74. The van der Waals surface area contributed by atoms with Crippen molar-refractivity contribution >= 4 is 15.9 Å². The van der Waals surface area contributed by atoms with E-state index in [1.807, 2.05) is 6.07 Å². The van der Waals surface area contributed by atoms with Crippen LogP contribution in [-0.2, 0) is 10.2 Å². The predicted octanol–water partition coefficient (Wildman–Crippen LogP) is 3.41. The summed E-state index contributed by atoms with van der Waals surface area (Å²) in [6.07, 6.45) is 8.61. The Morgan fingerprint density at radius 1 is 1.10 bits per heavy atom. The van der Waals surface area contributed by atoms with Crippen molar-refractivity contribution in [1.29, 1.82) is 0 Å². The van der Waals surface area contributed by atoms with Crippen molar-refractivity contribution in [2.45, 2.75) is 38.1 Å². The molecule has 2 aromatic rings. The number of aromatic nitrogens is 1. The topological polar surface area (TPSA) is 71.5 Å². The highest BCUT2D eigenvalue weighted by Gasteiger charge is 2.41. The van der Waals surface area contributed by atoms with Crippen molar-refractivity contribution in [3.05, 3.63) is 53.9 Å². The van der Waals surface area contributed by atoms with Gasteiger partial charge in [-0.05, 0) is 43.4 Å². The molecule has 0 spiro atoms. The summed E-state index contributed by atoms with van der Waals surface area (Å²) in [5, 5.41) is 0. The molecule has 1 aliphatic heterocycles. The summed E-state index contributed by atoms with van der Waals surface area (Å²) in [7, 11) is -2.04. The molecule has 1 aliphatic carbocycles. The zero-order valence-corrected chi connectivity index (χ0v) is 17.3. The molecule has 1 saturated carbocycles. The molecule has 2 fully saturated rings. The number of benzene rings is 1. The largest absolute Gasteiger partial charge is 0.495 e. The lowest BCUT2D eigenvalue weighted by Gasteiger charge is -2.31. The quantitative estimate of drug-likeness (QED) is 0.783. The van der Waals surface area contributed by atoms with Crippen LogP contribution in [0.2, 0.25) is 0 Å². The molecule has 2 aliphatic rings. The van der Waals surface area contributed by atoms with E-state index in [9.17, 15) is 8.42 Å². The monoisotopic (exact) mass is 411 g/mol. The minimum absolute atomic E-state index is 0.124. The number of hydrogen-bond acceptors (Lipinski definition) is 4. The maximum atomic E-state index is 13.1. The molecule has 1 aromatic carbocycles. The van der Waals surface area contributed by atoms with Gasteiger partial charge in [0.15, 0.2) is 0 Å². The fourth-order valence-corrected chi connectivity index (χ4v) is 5.88. The van der Waals surface area contributed by atoms with Gasteiger partial charge < -0.3 is 4.74 Å². The third kappa shape index (κ3) is 4.24. The molecule has 4 rings (SSSR count). The zero-order valence-electron chi connectivity index (χ0n) is 16.5. The van der Waals surface area contributed by atoms with Gasteiger partial charge in [0.05, 0.1) is 18.4 Å². The number of para-hydroxylation sites is 1. The summed E-state index contributed by atoms with van der Waals surface area (Å²) in [4.78, 5) is 4.08. The molecule has 1 saturated heterocycles. The summed E-state index contributed by atoms with van der Waals surface area (Å²) in [5.74, 6) is 7.22. The van der Waals surface area contributed by atoms with Gasteiger partial charge in [-0.25, -0.2) is 0 Å². The van der Waals surface area contributed by atoms with Crippen LogP contribution in [0.4, 0.5) is 5.69 Å². The molecular weight excluding hydrogens is 386 g/mol. The first kappa shape index (κ1) is 19.7. The van der Waals surface area contributed by atoms with Gasteiger partial charge in [0, 0.05) is 30.5 Å². The Labute approximate surface area is 172 Å². The lowest BCUT2D eigenvalue weighted by molar-refractivity contribution is 0.261. The number of hydrogen-bond donors (Lipinski definition) is 1. The normalized spacial score (nSPS) is 21.7. The molecule has 1 aromatic heterocycles. The van der Waals surface area contributed by atoms with E-state index >= 15 is 0 Å². The minimum Gasteiger partial charge on any atom is -0.495 e. The molecular formula is C22H25N3O3S. The third-order valence-electron chi connectivity index (χ3n) is 5.77. The average Bonchev–Trinajstić information content (AvgIpc) is 3.18. The number of ether oxygens (including phenoxy) is 1. The standard InChI is InChI=1S/C22H25N3O3S/c1-28-22-12-14-23-16-19(22)11-10-17-6-2-4-8-20(17)24-29(26,27)25-15-13-18-7-3-5-9-21(18)25/h2,4,6,8,12,14,16,18,21,24H,3,5,7,9,13,15H2,1H3. The number of rotatable bonds is 4. The number of methoxy groups -OCH3 is 1. The number of pyridine rings is 1. The Balaban J connectivity index is 1.58. The molecule has 152 valence electrons. The molecule has 2 atom stereocenters. The van der Waals surface area contributed by atoms with E-state index in [0.717, 1.165) is 25.7 Å². The SMILES string of the molecule is COc1ccncc1C#Cc1ccccc1NS(=O)(=O)N1CCC2CCCCC21. The van der Waals surface area contributed by atoms with E-state index in [0.29, 0.717) is 35.0 Å². The van der Waals surface area contributed by atoms with Gasteiger partial charge in [0.2, 0.25) is 0 Å². The maximum Gasteiger partial charge on any atom is 0.301 e. The number of fused-ring (bicyclic) bond motifs is 1. The molecule has 1 N–H and O–H groups in total. The van der Waals surface area contributed by atoms with Crippen LogP contribution < -0.4 is 9.46 Å². The molecule has 0 radical (unpaired) electrons. The van der Waals surface area contributed by atoms with Crippen LogP contribution in [-0.4, -0.2) is 37.4 Å². The van der Waals surface area contributed by atoms with Crippen molar-refractivity contribution in [2.75, 3.05) is 18.4 Å². The molecule has 7 heteroatoms. The number of anilines is 1. The molecule has 29 heavy (non-hydrogen) atoms. The Hall–Kier alpha value is -2.56. The summed E-state index contributed by atoms with van der Waals surface area (Å²) in [5.41, 5.74) is 1.75. The van der Waals surface area contributed by atoms with Crippen molar-refractivity contribution in [3.63, 3.8) is 0 Å². The third-order valence-corrected chi connectivity index (χ3v) is 7.32. The van der Waals surface area contributed by atoms with Crippen LogP contribution in [0.25, 0.3) is 0 Å². The number of nitrogens with one attached hydrogen (secondary N) is 1. The predicted molar refractivity (Wildman–Crippen MR) is 113 cm³/mol. The summed E-state index contributed by atoms with van der Waals surface area (Å²) < 4.78 is 36.0. The van der Waals surface area contributed by atoms with Gasteiger partial charge >= 0.3 is 10.2 Å². The second-order valence-corrected chi connectivity index (χ2v) is 9.11.